The molecule has 0 heterocycles. The van der Waals surface area contributed by atoms with E-state index in [0.29, 0.717) is 18.5 Å². The number of unbranched alkanes of at least 4 members (excludes halogenated alkanes) is 5. The Morgan fingerprint density at radius 2 is 1.54 bits per heavy atom. The Balaban J connectivity index is 1.79. The van der Waals surface area contributed by atoms with Gasteiger partial charge >= 0.3 is 0 Å². The van der Waals surface area contributed by atoms with Crippen LogP contribution < -0.4 is 10.1 Å². The van der Waals surface area contributed by atoms with Crippen LogP contribution in [0.5, 0.6) is 5.75 Å². The van der Waals surface area contributed by atoms with Gasteiger partial charge in [0.1, 0.15) is 5.75 Å². The average Bonchev–Trinajstić information content (AvgIpc) is 2.74. The van der Waals surface area contributed by atoms with E-state index in [4.69, 9.17) is 10.1 Å². The third-order valence-corrected chi connectivity index (χ3v) is 4.68. The van der Waals surface area contributed by atoms with Gasteiger partial charge in [-0.1, -0.05) is 63.3 Å². The van der Waals surface area contributed by atoms with Crippen LogP contribution in [0.15, 0.2) is 48.5 Å². The lowest BCUT2D eigenvalue weighted by Gasteiger charge is -2.08. The molecule has 2 aromatic carbocycles. The second-order valence-electron chi connectivity index (χ2n) is 6.97. The minimum absolute atomic E-state index is 0.105. The minimum atomic E-state index is -0.105. The zero-order chi connectivity index (χ0) is 20.0. The fourth-order valence-corrected chi connectivity index (χ4v) is 2.99. The summed E-state index contributed by atoms with van der Waals surface area (Å²) in [7, 11) is 0. The summed E-state index contributed by atoms with van der Waals surface area (Å²) in [5.74, 6) is 0.798. The van der Waals surface area contributed by atoms with E-state index in [1.165, 1.54) is 38.3 Å². The van der Waals surface area contributed by atoms with Gasteiger partial charge in [0.2, 0.25) is 0 Å². The van der Waals surface area contributed by atoms with Crippen molar-refractivity contribution in [2.24, 2.45) is 0 Å². The van der Waals surface area contributed by atoms with E-state index in [9.17, 15) is 4.79 Å². The second kappa shape index (κ2) is 12.7. The lowest BCUT2D eigenvalue weighted by molar-refractivity contribution is 0.0955. The lowest BCUT2D eigenvalue weighted by Crippen LogP contribution is -2.24. The van der Waals surface area contributed by atoms with Gasteiger partial charge in [-0.15, -0.1) is 0 Å². The molecule has 2 aromatic rings. The highest BCUT2D eigenvalue weighted by Crippen LogP contribution is 2.23. The Labute approximate surface area is 168 Å². The zero-order valence-electron chi connectivity index (χ0n) is 16.9. The predicted octanol–water partition coefficient (Wildman–Crippen LogP) is 5.86. The van der Waals surface area contributed by atoms with Crippen LogP contribution in [0.3, 0.4) is 0 Å². The van der Waals surface area contributed by atoms with Gasteiger partial charge in [-0.2, -0.15) is 0 Å². The third kappa shape index (κ3) is 7.55. The summed E-state index contributed by atoms with van der Waals surface area (Å²) in [6, 6.07) is 15.7. The average molecular weight is 381 g/mol. The minimum Gasteiger partial charge on any atom is -0.494 e. The number of ether oxygens (including phenoxy) is 1. The second-order valence-corrected chi connectivity index (χ2v) is 6.97. The molecule has 0 aromatic heterocycles. The summed E-state index contributed by atoms with van der Waals surface area (Å²) in [5.41, 5.74) is 2.80. The Morgan fingerprint density at radius 3 is 2.18 bits per heavy atom. The maximum Gasteiger partial charge on any atom is 0.251 e. The van der Waals surface area contributed by atoms with Gasteiger partial charge in [0.25, 0.3) is 5.91 Å². The summed E-state index contributed by atoms with van der Waals surface area (Å²) in [6.45, 7) is 3.50. The zero-order valence-corrected chi connectivity index (χ0v) is 16.9. The first-order chi connectivity index (χ1) is 13.7. The highest BCUT2D eigenvalue weighted by molar-refractivity contribution is 5.94. The number of carbonyl (C=O) groups is 1. The molecular formula is C24H32N2O2. The molecule has 4 heteroatoms. The molecular weight excluding hydrogens is 348 g/mol. The van der Waals surface area contributed by atoms with Gasteiger partial charge in [0.05, 0.1) is 6.61 Å². The van der Waals surface area contributed by atoms with Crippen molar-refractivity contribution in [2.75, 3.05) is 13.2 Å². The predicted molar refractivity (Wildman–Crippen MR) is 116 cm³/mol. The Kier molecular flexibility index (Phi) is 9.84. The quantitative estimate of drug-likeness (QED) is 0.337. The van der Waals surface area contributed by atoms with Crippen molar-refractivity contribution in [1.82, 2.24) is 5.32 Å². The van der Waals surface area contributed by atoms with Gasteiger partial charge in [0.15, 0.2) is 0 Å². The number of amides is 1. The first-order valence-corrected chi connectivity index (χ1v) is 10.3. The molecule has 0 radical (unpaired) electrons. The van der Waals surface area contributed by atoms with Crippen LogP contribution >= 0.6 is 0 Å². The van der Waals surface area contributed by atoms with Gasteiger partial charge in [-0.3, -0.25) is 4.79 Å². The summed E-state index contributed by atoms with van der Waals surface area (Å²) >= 11 is 0. The van der Waals surface area contributed by atoms with E-state index in [2.05, 4.69) is 24.4 Å². The first-order valence-electron chi connectivity index (χ1n) is 10.3. The molecule has 0 aliphatic heterocycles. The normalized spacial score (nSPS) is 10.5. The molecule has 150 valence electrons. The summed E-state index contributed by atoms with van der Waals surface area (Å²) in [4.78, 5) is 12.0. The number of carbonyl (C=O) groups excluding carboxylic acids is 1. The monoisotopic (exact) mass is 380 g/mol. The number of benzene rings is 2. The standard InChI is InChI=1S/C24H32N2O2/c1-2-3-4-5-6-7-19-28-23-15-13-21(14-16-23)20-9-11-22(12-10-20)24(27)26-18-8-17-25/h9-17,25H,2-8,18-19H2,1H3,(H,26,27). The van der Waals surface area contributed by atoms with Crippen LogP contribution in [0.1, 0.15) is 62.2 Å². The Hall–Kier alpha value is -2.62. The molecule has 0 atom stereocenters. The number of nitrogens with one attached hydrogen (secondary N) is 2. The summed E-state index contributed by atoms with van der Waals surface area (Å²) in [6.07, 6.45) is 9.43. The largest absolute Gasteiger partial charge is 0.494 e. The molecule has 0 aliphatic carbocycles. The first kappa shape index (κ1) is 21.7. The van der Waals surface area contributed by atoms with Crippen LogP contribution in [0, 0.1) is 5.41 Å². The molecule has 28 heavy (non-hydrogen) atoms. The van der Waals surface area contributed by atoms with Crippen LogP contribution in [0.25, 0.3) is 11.1 Å². The van der Waals surface area contributed by atoms with Gasteiger partial charge in [0, 0.05) is 12.1 Å². The van der Waals surface area contributed by atoms with Crippen molar-refractivity contribution < 1.29 is 9.53 Å². The molecule has 0 spiro atoms. The number of hydrogen-bond donors (Lipinski definition) is 2. The maximum absolute atomic E-state index is 12.0. The van der Waals surface area contributed by atoms with E-state index in [-0.39, 0.29) is 5.91 Å². The topological polar surface area (TPSA) is 62.2 Å². The van der Waals surface area contributed by atoms with Gasteiger partial charge in [-0.25, -0.2) is 0 Å². The molecule has 0 saturated heterocycles. The molecule has 1 amide bonds. The number of rotatable bonds is 13. The summed E-state index contributed by atoms with van der Waals surface area (Å²) < 4.78 is 5.83. The maximum atomic E-state index is 12.0. The van der Waals surface area contributed by atoms with Crippen molar-refractivity contribution in [1.29, 1.82) is 5.41 Å². The van der Waals surface area contributed by atoms with Crippen molar-refractivity contribution in [2.45, 2.75) is 51.9 Å². The smallest absolute Gasteiger partial charge is 0.251 e. The SMILES string of the molecule is CCCCCCCCOc1ccc(-c2ccc(C(=O)NCCC=N)cc2)cc1. The fraction of sp³-hybridized carbons (Fsp3) is 0.417. The van der Waals surface area contributed by atoms with Crippen LogP contribution in [0.4, 0.5) is 0 Å². The molecule has 4 nitrogen and oxygen atoms in total. The third-order valence-electron chi connectivity index (χ3n) is 4.68. The molecule has 0 fully saturated rings. The molecule has 2 rings (SSSR count). The molecule has 0 aliphatic rings. The highest BCUT2D eigenvalue weighted by atomic mass is 16.5. The van der Waals surface area contributed by atoms with E-state index in [1.54, 1.807) is 0 Å². The van der Waals surface area contributed by atoms with Crippen LogP contribution in [-0.2, 0) is 0 Å². The molecule has 2 N–H and O–H groups in total. The van der Waals surface area contributed by atoms with E-state index < -0.39 is 0 Å². The van der Waals surface area contributed by atoms with E-state index in [0.717, 1.165) is 29.9 Å². The Morgan fingerprint density at radius 1 is 0.929 bits per heavy atom. The molecule has 0 saturated carbocycles. The van der Waals surface area contributed by atoms with Crippen LogP contribution in [-0.4, -0.2) is 25.3 Å². The van der Waals surface area contributed by atoms with Gasteiger partial charge in [-0.05, 0) is 54.4 Å². The van der Waals surface area contributed by atoms with Crippen molar-refractivity contribution in [3.63, 3.8) is 0 Å². The molecule has 0 bridgehead atoms. The van der Waals surface area contributed by atoms with Crippen molar-refractivity contribution in [3.8, 4) is 16.9 Å². The van der Waals surface area contributed by atoms with Crippen molar-refractivity contribution >= 4 is 12.1 Å². The Bertz CT molecular complexity index is 708. The lowest BCUT2D eigenvalue weighted by atomic mass is 10.0. The molecule has 0 unspecified atom stereocenters. The number of hydrogen-bond acceptors (Lipinski definition) is 3. The van der Waals surface area contributed by atoms with Crippen molar-refractivity contribution in [3.05, 3.63) is 54.1 Å². The fourth-order valence-electron chi connectivity index (χ4n) is 2.99. The van der Waals surface area contributed by atoms with E-state index >= 15 is 0 Å². The summed E-state index contributed by atoms with van der Waals surface area (Å²) in [5, 5.41) is 9.78. The van der Waals surface area contributed by atoms with Gasteiger partial charge < -0.3 is 15.5 Å². The van der Waals surface area contributed by atoms with Crippen LogP contribution in [0.2, 0.25) is 0 Å². The van der Waals surface area contributed by atoms with E-state index in [1.807, 2.05) is 36.4 Å². The highest BCUT2D eigenvalue weighted by Gasteiger charge is 2.05.